The van der Waals surface area contributed by atoms with Crippen molar-refractivity contribution in [2.24, 2.45) is 0 Å². The molecular weight excluding hydrogens is 306 g/mol. The van der Waals surface area contributed by atoms with E-state index < -0.39 is 0 Å². The van der Waals surface area contributed by atoms with Gasteiger partial charge in [-0.1, -0.05) is 18.2 Å². The van der Waals surface area contributed by atoms with E-state index in [0.717, 1.165) is 16.8 Å². The molecule has 0 fully saturated rings. The number of hydrogen-bond acceptors (Lipinski definition) is 4. The van der Waals surface area contributed by atoms with Gasteiger partial charge in [-0.25, -0.2) is 0 Å². The van der Waals surface area contributed by atoms with Crippen LogP contribution in [-0.2, 0) is 11.3 Å². The third-order valence-electron chi connectivity index (χ3n) is 3.95. The first-order chi connectivity index (χ1) is 11.6. The van der Waals surface area contributed by atoms with Crippen molar-refractivity contribution in [3.05, 3.63) is 47.5 Å². The Morgan fingerprint density at radius 1 is 1.21 bits per heavy atom. The summed E-state index contributed by atoms with van der Waals surface area (Å²) in [5.74, 6) is 1.86. The fraction of sp³-hybridized carbons (Fsp3) is 0.316. The van der Waals surface area contributed by atoms with Gasteiger partial charge in [0.25, 0.3) is 5.91 Å². The summed E-state index contributed by atoms with van der Waals surface area (Å²) in [6.45, 7) is 4.83. The van der Waals surface area contributed by atoms with Gasteiger partial charge < -0.3 is 19.1 Å². The first-order valence-corrected chi connectivity index (χ1v) is 7.96. The molecular formula is C19H21NO4. The van der Waals surface area contributed by atoms with E-state index in [4.69, 9.17) is 14.2 Å². The number of hydrogen-bond donors (Lipinski definition) is 0. The number of methoxy groups -OCH3 is 1. The van der Waals surface area contributed by atoms with Crippen molar-refractivity contribution < 1.29 is 19.0 Å². The fourth-order valence-corrected chi connectivity index (χ4v) is 2.82. The van der Waals surface area contributed by atoms with Crippen LogP contribution in [0, 0.1) is 6.92 Å². The molecule has 0 N–H and O–H groups in total. The number of para-hydroxylation sites is 1. The predicted molar refractivity (Wildman–Crippen MR) is 92.0 cm³/mol. The molecule has 5 heteroatoms. The Morgan fingerprint density at radius 2 is 2.04 bits per heavy atom. The summed E-state index contributed by atoms with van der Waals surface area (Å²) in [5, 5.41) is 0. The van der Waals surface area contributed by atoms with E-state index in [1.165, 1.54) is 0 Å². The fourth-order valence-electron chi connectivity index (χ4n) is 2.82. The molecule has 1 amide bonds. The lowest BCUT2D eigenvalue weighted by Crippen LogP contribution is -2.32. The zero-order valence-electron chi connectivity index (χ0n) is 14.2. The van der Waals surface area contributed by atoms with Crippen LogP contribution in [0.5, 0.6) is 17.2 Å². The number of anilines is 1. The van der Waals surface area contributed by atoms with E-state index in [9.17, 15) is 4.79 Å². The minimum atomic E-state index is -0.113. The number of carbonyl (C=O) groups excluding carboxylic acids is 1. The summed E-state index contributed by atoms with van der Waals surface area (Å²) < 4.78 is 16.8. The second kappa shape index (κ2) is 6.83. The van der Waals surface area contributed by atoms with Crippen molar-refractivity contribution in [3.63, 3.8) is 0 Å². The largest absolute Gasteiger partial charge is 0.495 e. The van der Waals surface area contributed by atoms with Crippen molar-refractivity contribution in [1.82, 2.24) is 0 Å². The molecule has 0 radical (unpaired) electrons. The van der Waals surface area contributed by atoms with Gasteiger partial charge in [0.2, 0.25) is 0 Å². The Morgan fingerprint density at radius 3 is 2.79 bits per heavy atom. The first-order valence-electron chi connectivity index (χ1n) is 7.96. The molecule has 0 bridgehead atoms. The van der Waals surface area contributed by atoms with E-state index in [1.54, 1.807) is 12.0 Å². The van der Waals surface area contributed by atoms with E-state index in [0.29, 0.717) is 30.4 Å². The number of nitrogens with zero attached hydrogens (tertiary/aromatic N) is 1. The number of carbonyl (C=O) groups is 1. The van der Waals surface area contributed by atoms with Crippen molar-refractivity contribution in [2.45, 2.75) is 20.4 Å². The summed E-state index contributed by atoms with van der Waals surface area (Å²) in [4.78, 5) is 14.3. The molecule has 1 aliphatic rings. The summed E-state index contributed by atoms with van der Waals surface area (Å²) in [5.41, 5.74) is 2.73. The van der Waals surface area contributed by atoms with E-state index >= 15 is 0 Å². The lowest BCUT2D eigenvalue weighted by Gasteiger charge is -2.23. The van der Waals surface area contributed by atoms with Crippen LogP contribution in [0.2, 0.25) is 0 Å². The minimum absolute atomic E-state index is 0.0335. The smallest absolute Gasteiger partial charge is 0.265 e. The highest BCUT2D eigenvalue weighted by molar-refractivity contribution is 5.96. The zero-order chi connectivity index (χ0) is 17.1. The van der Waals surface area contributed by atoms with Crippen LogP contribution >= 0.6 is 0 Å². The Bertz CT molecular complexity index is 757. The molecule has 5 nitrogen and oxygen atoms in total. The minimum Gasteiger partial charge on any atom is -0.495 e. The van der Waals surface area contributed by atoms with Gasteiger partial charge in [-0.3, -0.25) is 4.79 Å². The molecule has 0 atom stereocenters. The van der Waals surface area contributed by atoms with Gasteiger partial charge in [0.15, 0.2) is 18.1 Å². The second-order valence-corrected chi connectivity index (χ2v) is 5.62. The molecule has 0 spiro atoms. The van der Waals surface area contributed by atoms with Gasteiger partial charge in [-0.05, 0) is 37.6 Å². The third-order valence-corrected chi connectivity index (χ3v) is 3.95. The van der Waals surface area contributed by atoms with Gasteiger partial charge in [0, 0.05) is 5.56 Å². The molecule has 2 aromatic carbocycles. The standard InChI is InChI=1S/C19H21NO4/c1-4-23-17-7-5-6-14-11-20(18(21)12-24-19(14)17)15-10-13(2)8-9-16(15)22-3/h5-10H,4,11-12H2,1-3H3. The monoisotopic (exact) mass is 327 g/mol. The maximum atomic E-state index is 12.6. The zero-order valence-corrected chi connectivity index (χ0v) is 14.2. The molecule has 2 aromatic rings. The van der Waals surface area contributed by atoms with Crippen LogP contribution in [0.3, 0.4) is 0 Å². The Hall–Kier alpha value is -2.69. The maximum absolute atomic E-state index is 12.6. The predicted octanol–water partition coefficient (Wildman–Crippen LogP) is 3.33. The topological polar surface area (TPSA) is 48.0 Å². The molecule has 0 unspecified atom stereocenters. The van der Waals surface area contributed by atoms with Gasteiger partial charge in [0.1, 0.15) is 5.75 Å². The summed E-state index contributed by atoms with van der Waals surface area (Å²) in [6, 6.07) is 11.5. The molecule has 0 saturated carbocycles. The van der Waals surface area contributed by atoms with E-state index in [1.807, 2.05) is 50.2 Å². The van der Waals surface area contributed by atoms with Crippen LogP contribution in [0.15, 0.2) is 36.4 Å². The molecule has 0 aliphatic carbocycles. The van der Waals surface area contributed by atoms with E-state index in [2.05, 4.69) is 0 Å². The van der Waals surface area contributed by atoms with Crippen LogP contribution < -0.4 is 19.1 Å². The summed E-state index contributed by atoms with van der Waals surface area (Å²) in [6.07, 6.45) is 0. The lowest BCUT2D eigenvalue weighted by molar-refractivity contribution is -0.120. The molecule has 126 valence electrons. The third kappa shape index (κ3) is 3.02. The lowest BCUT2D eigenvalue weighted by atomic mass is 10.1. The highest BCUT2D eigenvalue weighted by Gasteiger charge is 2.27. The van der Waals surface area contributed by atoms with Crippen molar-refractivity contribution >= 4 is 11.6 Å². The van der Waals surface area contributed by atoms with Crippen LogP contribution in [-0.4, -0.2) is 26.2 Å². The summed E-state index contributed by atoms with van der Waals surface area (Å²) in [7, 11) is 1.61. The number of ether oxygens (including phenoxy) is 3. The maximum Gasteiger partial charge on any atom is 0.265 e. The Balaban J connectivity index is 2.03. The van der Waals surface area contributed by atoms with Crippen molar-refractivity contribution in [3.8, 4) is 17.2 Å². The Labute approximate surface area is 141 Å². The molecule has 1 aliphatic heterocycles. The van der Waals surface area contributed by atoms with Crippen LogP contribution in [0.25, 0.3) is 0 Å². The number of aryl methyl sites for hydroxylation is 1. The first kappa shape index (κ1) is 16.2. The van der Waals surface area contributed by atoms with Gasteiger partial charge >= 0.3 is 0 Å². The quantitative estimate of drug-likeness (QED) is 0.864. The molecule has 24 heavy (non-hydrogen) atoms. The molecule has 1 heterocycles. The summed E-state index contributed by atoms with van der Waals surface area (Å²) >= 11 is 0. The number of benzene rings is 2. The number of fused-ring (bicyclic) bond motifs is 1. The van der Waals surface area contributed by atoms with Gasteiger partial charge in [0.05, 0.1) is 25.9 Å². The van der Waals surface area contributed by atoms with Crippen molar-refractivity contribution in [2.75, 3.05) is 25.2 Å². The van der Waals surface area contributed by atoms with Crippen LogP contribution in [0.4, 0.5) is 5.69 Å². The van der Waals surface area contributed by atoms with Crippen LogP contribution in [0.1, 0.15) is 18.1 Å². The van der Waals surface area contributed by atoms with Crippen molar-refractivity contribution in [1.29, 1.82) is 0 Å². The highest BCUT2D eigenvalue weighted by atomic mass is 16.5. The van der Waals surface area contributed by atoms with E-state index in [-0.39, 0.29) is 12.5 Å². The second-order valence-electron chi connectivity index (χ2n) is 5.62. The SMILES string of the molecule is CCOc1cccc2c1OCC(=O)N(c1cc(C)ccc1OC)C2. The normalized spacial score (nSPS) is 13.8. The Kier molecular flexibility index (Phi) is 4.60. The number of amides is 1. The average Bonchev–Trinajstić information content (AvgIpc) is 2.75. The molecule has 3 rings (SSSR count). The molecule has 0 aromatic heterocycles. The average molecular weight is 327 g/mol. The highest BCUT2D eigenvalue weighted by Crippen LogP contribution is 2.37. The van der Waals surface area contributed by atoms with Gasteiger partial charge in [-0.2, -0.15) is 0 Å². The number of rotatable bonds is 4. The molecule has 0 saturated heterocycles. The van der Waals surface area contributed by atoms with Gasteiger partial charge in [-0.15, -0.1) is 0 Å².